The van der Waals surface area contributed by atoms with Crippen molar-refractivity contribution in [3.8, 4) is 0 Å². The normalized spacial score (nSPS) is 13.6. The van der Waals surface area contributed by atoms with Gasteiger partial charge in [-0.25, -0.2) is 0 Å². The van der Waals surface area contributed by atoms with E-state index in [9.17, 15) is 4.57 Å². The van der Waals surface area contributed by atoms with E-state index in [-0.39, 0.29) is 0 Å². The van der Waals surface area contributed by atoms with Crippen molar-refractivity contribution in [1.82, 2.24) is 0 Å². The number of rotatable bonds is 3. The Kier molecular flexibility index (Phi) is 3.51. The van der Waals surface area contributed by atoms with Crippen molar-refractivity contribution in [3.05, 3.63) is 0 Å². The van der Waals surface area contributed by atoms with Crippen molar-refractivity contribution in [2.45, 2.75) is 13.1 Å². The van der Waals surface area contributed by atoms with Crippen LogP contribution in [0.4, 0.5) is 0 Å². The Balaban J connectivity index is 3.71. The molecule has 0 aliphatic heterocycles. The molecule has 9 heavy (non-hydrogen) atoms. The second kappa shape index (κ2) is 3.42. The predicted octanol–water partition coefficient (Wildman–Crippen LogP) is 1.72. The monoisotopic (exact) mass is 167 g/mol. The van der Waals surface area contributed by atoms with E-state index in [1.807, 2.05) is 13.1 Å². The highest BCUT2D eigenvalue weighted by Crippen LogP contribution is 2.23. The summed E-state index contributed by atoms with van der Waals surface area (Å²) in [6.07, 6.45) is 0. The van der Waals surface area contributed by atoms with Gasteiger partial charge in [0.2, 0.25) is 0 Å². The van der Waals surface area contributed by atoms with Gasteiger partial charge in [0.25, 0.3) is 0 Å². The molecule has 3 nitrogen and oxygen atoms in total. The van der Waals surface area contributed by atoms with Gasteiger partial charge < -0.3 is 4.43 Å². The Hall–Kier alpha value is 0.237. The minimum Gasteiger partial charge on any atom is -0.395 e. The molecule has 0 radical (unpaired) electrons. The zero-order valence-corrected chi connectivity index (χ0v) is 8.07. The molecular weight excluding hydrogens is 155 g/mol. The maximum absolute atomic E-state index is 10.5. The zero-order valence-electron chi connectivity index (χ0n) is 6.17. The van der Waals surface area contributed by atoms with E-state index >= 15 is 0 Å². The summed E-state index contributed by atoms with van der Waals surface area (Å²) < 4.78 is 20.5. The van der Waals surface area contributed by atoms with Gasteiger partial charge in [-0.1, -0.05) is 0 Å². The molecule has 0 aromatic carbocycles. The van der Waals surface area contributed by atoms with E-state index in [1.165, 1.54) is 6.66 Å². The van der Waals surface area contributed by atoms with Crippen LogP contribution in [0.25, 0.3) is 0 Å². The van der Waals surface area contributed by atoms with Gasteiger partial charge in [0.05, 0.1) is 0 Å². The van der Waals surface area contributed by atoms with Gasteiger partial charge in [0.15, 0.2) is 6.66 Å². The van der Waals surface area contributed by atoms with E-state index in [0.717, 1.165) is 0 Å². The molecule has 0 saturated carbocycles. The lowest BCUT2D eigenvalue weighted by Crippen LogP contribution is -2.30. The quantitative estimate of drug-likeness (QED) is 0.474. The van der Waals surface area contributed by atoms with E-state index < -0.39 is 16.6 Å². The fourth-order valence-electron chi connectivity index (χ4n) is 0.347. The Morgan fingerprint density at radius 2 is 1.89 bits per heavy atom. The third kappa shape index (κ3) is 4.72. The summed E-state index contributed by atoms with van der Waals surface area (Å²) in [6, 6.07) is 0. The molecule has 0 amide bonds. The van der Waals surface area contributed by atoms with Crippen LogP contribution in [0.1, 0.15) is 0 Å². The maximum Gasteiger partial charge on any atom is 0.495 e. The molecule has 0 fully saturated rings. The Bertz CT molecular complexity index is 114. The van der Waals surface area contributed by atoms with Crippen LogP contribution in [0.2, 0.25) is 13.1 Å². The highest BCUT2D eigenvalue weighted by molar-refractivity contribution is 7.40. The van der Waals surface area contributed by atoms with Crippen molar-refractivity contribution in [2.24, 2.45) is 0 Å². The summed E-state index contributed by atoms with van der Waals surface area (Å²) in [4.78, 5) is 0. The molecule has 54 valence electrons. The van der Waals surface area contributed by atoms with Crippen LogP contribution in [-0.4, -0.2) is 22.3 Å². The van der Waals surface area contributed by atoms with Gasteiger partial charge in [-0.15, -0.1) is 0 Å². The highest BCUT2D eigenvalue weighted by atomic mass is 31.1. The van der Waals surface area contributed by atoms with Crippen molar-refractivity contribution >= 4 is 16.6 Å². The summed E-state index contributed by atoms with van der Waals surface area (Å²) in [5.74, 6) is 0. The molecule has 0 bridgehead atoms. The second-order valence-electron chi connectivity index (χ2n) is 2.13. The molecule has 0 N–H and O–H groups in total. The van der Waals surface area contributed by atoms with Crippen molar-refractivity contribution in [1.29, 1.82) is 0 Å². The van der Waals surface area contributed by atoms with Gasteiger partial charge in [0.1, 0.15) is 0 Å². The molecule has 0 aromatic heterocycles. The lowest BCUT2D eigenvalue weighted by atomic mass is 11.8. The molecular formula is C4H12O3PSi+. The van der Waals surface area contributed by atoms with Crippen LogP contribution in [0, 0.1) is 0 Å². The molecule has 1 atom stereocenters. The van der Waals surface area contributed by atoms with Crippen LogP contribution < -0.4 is 0 Å². The minimum absolute atomic E-state index is 1.51. The largest absolute Gasteiger partial charge is 0.495 e. The predicted molar refractivity (Wildman–Crippen MR) is 39.1 cm³/mol. The van der Waals surface area contributed by atoms with Gasteiger partial charge in [-0.2, -0.15) is 4.21 Å². The first kappa shape index (κ1) is 9.24. The maximum atomic E-state index is 10.5. The third-order valence-electron chi connectivity index (χ3n) is 0.840. The van der Waals surface area contributed by atoms with Crippen LogP contribution >= 0.6 is 8.03 Å². The molecule has 0 saturated heterocycles. The van der Waals surface area contributed by atoms with Crippen molar-refractivity contribution < 1.29 is 13.2 Å². The molecule has 0 aliphatic carbocycles. The average molecular weight is 167 g/mol. The van der Waals surface area contributed by atoms with E-state index in [4.69, 9.17) is 8.64 Å². The second-order valence-corrected chi connectivity index (χ2v) is 6.95. The highest BCUT2D eigenvalue weighted by Gasteiger charge is 2.32. The zero-order chi connectivity index (χ0) is 7.49. The van der Waals surface area contributed by atoms with Crippen LogP contribution in [0.15, 0.2) is 0 Å². The summed E-state index contributed by atoms with van der Waals surface area (Å²) in [5, 5.41) is 0. The Morgan fingerprint density at radius 3 is 2.00 bits per heavy atom. The SMILES string of the molecule is CO[Si](C)(C)O[P+](C)=O. The van der Waals surface area contributed by atoms with Gasteiger partial charge >= 0.3 is 16.6 Å². The molecule has 1 unspecified atom stereocenters. The molecule has 0 heterocycles. The average Bonchev–Trinajstić information content (AvgIpc) is 1.63. The Morgan fingerprint density at radius 1 is 1.44 bits per heavy atom. The lowest BCUT2D eigenvalue weighted by Gasteiger charge is -2.09. The van der Waals surface area contributed by atoms with Crippen LogP contribution in [0.5, 0.6) is 0 Å². The van der Waals surface area contributed by atoms with Crippen LogP contribution in [0.3, 0.4) is 0 Å². The van der Waals surface area contributed by atoms with Gasteiger partial charge in [-0.05, 0) is 17.7 Å². The summed E-state index contributed by atoms with van der Waals surface area (Å²) in [5.41, 5.74) is 0. The summed E-state index contributed by atoms with van der Waals surface area (Å²) in [7, 11) is -1.96. The standard InChI is InChI=1S/C4H12O3PSi/c1-6-9(3,4)7-8(2)5/h1-4H3/q+1. The summed E-state index contributed by atoms with van der Waals surface area (Å²) >= 11 is 0. The fraction of sp³-hybridized carbons (Fsp3) is 1.00. The topological polar surface area (TPSA) is 35.5 Å². The van der Waals surface area contributed by atoms with E-state index in [1.54, 1.807) is 7.11 Å². The van der Waals surface area contributed by atoms with Crippen molar-refractivity contribution in [2.75, 3.05) is 13.8 Å². The van der Waals surface area contributed by atoms with Crippen molar-refractivity contribution in [3.63, 3.8) is 0 Å². The molecule has 0 rings (SSSR count). The molecule has 0 aromatic rings. The van der Waals surface area contributed by atoms with Gasteiger partial charge in [0, 0.05) is 7.11 Å². The molecule has 5 heteroatoms. The number of hydrogen-bond donors (Lipinski definition) is 0. The van der Waals surface area contributed by atoms with Crippen LogP contribution in [-0.2, 0) is 13.2 Å². The lowest BCUT2D eigenvalue weighted by molar-refractivity contribution is 0.319. The molecule has 0 spiro atoms. The summed E-state index contributed by atoms with van der Waals surface area (Å²) in [6.45, 7) is 5.23. The Labute approximate surface area is 57.5 Å². The van der Waals surface area contributed by atoms with E-state index in [2.05, 4.69) is 0 Å². The first-order valence-electron chi connectivity index (χ1n) is 2.63. The van der Waals surface area contributed by atoms with E-state index in [0.29, 0.717) is 0 Å². The first-order valence-corrected chi connectivity index (χ1v) is 7.07. The smallest absolute Gasteiger partial charge is 0.395 e. The van der Waals surface area contributed by atoms with Gasteiger partial charge in [-0.3, -0.25) is 0 Å². The minimum atomic E-state index is -2.02. The fourth-order valence-corrected chi connectivity index (χ4v) is 3.12. The number of hydrogen-bond acceptors (Lipinski definition) is 3. The third-order valence-corrected chi connectivity index (χ3v) is 4.61. The molecule has 0 aliphatic rings. The first-order chi connectivity index (χ1) is 3.98.